The lowest BCUT2D eigenvalue weighted by atomic mass is 9.85. The number of imide groups is 1. The van der Waals surface area contributed by atoms with Crippen molar-refractivity contribution in [3.63, 3.8) is 0 Å². The van der Waals surface area contributed by atoms with Crippen molar-refractivity contribution in [1.29, 1.82) is 0 Å². The van der Waals surface area contributed by atoms with Gasteiger partial charge in [0, 0.05) is 11.6 Å². The number of carbonyl (C=O) groups excluding carboxylic acids is 2. The van der Waals surface area contributed by atoms with Crippen molar-refractivity contribution in [3.05, 3.63) is 34.3 Å². The maximum atomic E-state index is 12.9. The molecule has 1 spiro atoms. The van der Waals surface area contributed by atoms with Crippen LogP contribution in [0.3, 0.4) is 0 Å². The number of amides is 2. The maximum Gasteiger partial charge on any atom is 0.254 e. The van der Waals surface area contributed by atoms with Crippen molar-refractivity contribution in [3.8, 4) is 11.5 Å². The van der Waals surface area contributed by atoms with Crippen LogP contribution in [0.25, 0.3) is 0 Å². The Bertz CT molecular complexity index is 887. The molecule has 0 N–H and O–H groups in total. The van der Waals surface area contributed by atoms with Crippen LogP contribution >= 0.6 is 15.9 Å². The van der Waals surface area contributed by atoms with Gasteiger partial charge in [0.2, 0.25) is 0 Å². The van der Waals surface area contributed by atoms with E-state index in [-0.39, 0.29) is 40.9 Å². The lowest BCUT2D eigenvalue weighted by molar-refractivity contribution is -0.141. The normalized spacial score (nSPS) is 32.0. The number of carbonyl (C=O) groups is 2. The number of halogens is 1. The third-order valence-electron chi connectivity index (χ3n) is 6.65. The van der Waals surface area contributed by atoms with Crippen LogP contribution in [0.1, 0.15) is 18.4 Å². The van der Waals surface area contributed by atoms with Gasteiger partial charge in [0.25, 0.3) is 11.8 Å². The molecular weight excluding hydrogens is 412 g/mol. The Morgan fingerprint density at radius 1 is 1.07 bits per heavy atom. The van der Waals surface area contributed by atoms with Gasteiger partial charge in [-0.3, -0.25) is 9.59 Å². The maximum absolute atomic E-state index is 12.9. The van der Waals surface area contributed by atoms with Crippen LogP contribution in [0, 0.1) is 29.1 Å². The van der Waals surface area contributed by atoms with Crippen LogP contribution in [-0.2, 0) is 9.59 Å². The highest BCUT2D eigenvalue weighted by molar-refractivity contribution is 9.10. The van der Waals surface area contributed by atoms with Gasteiger partial charge < -0.3 is 9.47 Å². The molecule has 4 atom stereocenters. The summed E-state index contributed by atoms with van der Waals surface area (Å²) in [7, 11) is 3.12. The molecule has 1 saturated heterocycles. The van der Waals surface area contributed by atoms with E-state index in [1.807, 2.05) is 0 Å². The van der Waals surface area contributed by atoms with Gasteiger partial charge in [0.05, 0.1) is 36.7 Å². The minimum Gasteiger partial charge on any atom is -0.496 e. The highest BCUT2D eigenvalue weighted by atomic mass is 79.9. The average molecular weight is 431 g/mol. The second-order valence-electron chi connectivity index (χ2n) is 7.68. The number of benzene rings is 1. The zero-order valence-electron chi connectivity index (χ0n) is 15.0. The molecule has 4 aliphatic rings. The Morgan fingerprint density at radius 2 is 1.67 bits per heavy atom. The first kappa shape index (κ1) is 17.0. The van der Waals surface area contributed by atoms with Crippen LogP contribution < -0.4 is 9.47 Å². The summed E-state index contributed by atoms with van der Waals surface area (Å²) in [4.78, 5) is 25.9. The number of hydrogen-bond acceptors (Lipinski definition) is 5. The van der Waals surface area contributed by atoms with Gasteiger partial charge in [-0.25, -0.2) is 0 Å². The van der Waals surface area contributed by atoms with Gasteiger partial charge in [-0.15, -0.1) is 0 Å². The van der Waals surface area contributed by atoms with Crippen LogP contribution in [0.5, 0.6) is 11.5 Å². The van der Waals surface area contributed by atoms with E-state index >= 15 is 0 Å². The largest absolute Gasteiger partial charge is 0.496 e. The standard InChI is InChI=1S/C20H19BrN2O4/c1-26-14-8-15(27-2)13(21)7-10(14)9-22-23-18(24)16-11-3-4-12(17(16)19(23)25)20(11)5-6-20/h3-4,7-9,11-12,16-17H,5-6H2,1-2H3/b22-9+. The zero-order valence-corrected chi connectivity index (χ0v) is 16.6. The number of hydrazone groups is 1. The topological polar surface area (TPSA) is 68.2 Å². The molecule has 6 nitrogen and oxygen atoms in total. The molecular formula is C20H19BrN2O4. The molecule has 1 aromatic rings. The zero-order chi connectivity index (χ0) is 18.9. The van der Waals surface area contributed by atoms with Crippen LogP contribution in [0.2, 0.25) is 0 Å². The molecule has 7 heteroatoms. The van der Waals surface area contributed by atoms with E-state index in [2.05, 4.69) is 33.2 Å². The number of rotatable bonds is 4. The predicted molar refractivity (Wildman–Crippen MR) is 101 cm³/mol. The summed E-state index contributed by atoms with van der Waals surface area (Å²) in [6.07, 6.45) is 8.07. The van der Waals surface area contributed by atoms with E-state index in [1.165, 1.54) is 6.21 Å². The van der Waals surface area contributed by atoms with Crippen molar-refractivity contribution >= 4 is 34.0 Å². The lowest BCUT2D eigenvalue weighted by Gasteiger charge is -2.18. The van der Waals surface area contributed by atoms with Gasteiger partial charge in [-0.05, 0) is 52.1 Å². The Labute approximate surface area is 165 Å². The smallest absolute Gasteiger partial charge is 0.254 e. The summed E-state index contributed by atoms with van der Waals surface area (Å²) < 4.78 is 11.4. The molecule has 0 radical (unpaired) electrons. The number of fused-ring (bicyclic) bond motifs is 3. The summed E-state index contributed by atoms with van der Waals surface area (Å²) in [5.41, 5.74) is 0.850. The predicted octanol–water partition coefficient (Wildman–Crippen LogP) is 3.00. The molecule has 27 heavy (non-hydrogen) atoms. The van der Waals surface area contributed by atoms with Crippen molar-refractivity contribution < 1.29 is 19.1 Å². The fourth-order valence-corrected chi connectivity index (χ4v) is 5.80. The number of methoxy groups -OCH3 is 2. The summed E-state index contributed by atoms with van der Waals surface area (Å²) in [6, 6.07) is 3.52. The first-order valence-electron chi connectivity index (χ1n) is 9.03. The first-order valence-corrected chi connectivity index (χ1v) is 9.83. The molecule has 4 unspecified atom stereocenters. The first-order chi connectivity index (χ1) is 13.0. The SMILES string of the molecule is COc1cc(OC)c(/C=N/N2C(=O)C3C(C2=O)C2C=CC3C23CC3)cc1Br. The number of ether oxygens (including phenoxy) is 2. The molecule has 5 rings (SSSR count). The van der Waals surface area contributed by atoms with Crippen molar-refractivity contribution in [2.75, 3.05) is 14.2 Å². The number of nitrogens with zero attached hydrogens (tertiary/aromatic N) is 2. The molecule has 1 aromatic carbocycles. The van der Waals surface area contributed by atoms with Gasteiger partial charge in [0.1, 0.15) is 11.5 Å². The summed E-state index contributed by atoms with van der Waals surface area (Å²) in [6.45, 7) is 0. The van der Waals surface area contributed by atoms with E-state index in [4.69, 9.17) is 9.47 Å². The molecule has 1 aliphatic heterocycles. The molecule has 2 bridgehead atoms. The van der Waals surface area contributed by atoms with E-state index < -0.39 is 0 Å². The molecule has 2 amide bonds. The number of allylic oxidation sites excluding steroid dienone is 2. The van der Waals surface area contributed by atoms with E-state index in [1.54, 1.807) is 26.4 Å². The van der Waals surface area contributed by atoms with Gasteiger partial charge >= 0.3 is 0 Å². The second-order valence-corrected chi connectivity index (χ2v) is 8.54. The van der Waals surface area contributed by atoms with Crippen molar-refractivity contribution in [2.24, 2.45) is 34.2 Å². The van der Waals surface area contributed by atoms with Crippen LogP contribution in [0.15, 0.2) is 33.9 Å². The highest BCUT2D eigenvalue weighted by Gasteiger charge is 2.73. The Kier molecular flexibility index (Phi) is 3.57. The van der Waals surface area contributed by atoms with Gasteiger partial charge in [0.15, 0.2) is 0 Å². The quantitative estimate of drug-likeness (QED) is 0.418. The summed E-state index contributed by atoms with van der Waals surface area (Å²) in [5.74, 6) is 0.767. The molecule has 3 aliphatic carbocycles. The lowest BCUT2D eigenvalue weighted by Crippen LogP contribution is -2.30. The van der Waals surface area contributed by atoms with Crippen LogP contribution in [-0.4, -0.2) is 37.3 Å². The monoisotopic (exact) mass is 430 g/mol. The van der Waals surface area contributed by atoms with Crippen LogP contribution in [0.4, 0.5) is 0 Å². The molecule has 2 saturated carbocycles. The van der Waals surface area contributed by atoms with Crippen molar-refractivity contribution in [1.82, 2.24) is 5.01 Å². The van der Waals surface area contributed by atoms with E-state index in [0.29, 0.717) is 17.1 Å². The van der Waals surface area contributed by atoms with E-state index in [9.17, 15) is 9.59 Å². The minimum atomic E-state index is -0.239. The van der Waals surface area contributed by atoms with E-state index in [0.717, 1.165) is 22.3 Å². The minimum absolute atomic E-state index is 0.170. The number of hydrogen-bond donors (Lipinski definition) is 0. The van der Waals surface area contributed by atoms with Gasteiger partial charge in [-0.2, -0.15) is 10.1 Å². The summed E-state index contributed by atoms with van der Waals surface area (Å²) >= 11 is 3.43. The molecule has 0 aromatic heterocycles. The molecule has 140 valence electrons. The Hall–Kier alpha value is -2.15. The third kappa shape index (κ3) is 2.15. The van der Waals surface area contributed by atoms with Crippen molar-refractivity contribution in [2.45, 2.75) is 12.8 Å². The average Bonchev–Trinajstić information content (AvgIpc) is 3.27. The fourth-order valence-electron chi connectivity index (χ4n) is 5.28. The highest BCUT2D eigenvalue weighted by Crippen LogP contribution is 2.73. The fraction of sp³-hybridized carbons (Fsp3) is 0.450. The summed E-state index contributed by atoms with van der Waals surface area (Å²) in [5, 5.41) is 5.31. The second kappa shape index (κ2) is 5.67. The van der Waals surface area contributed by atoms with Gasteiger partial charge in [-0.1, -0.05) is 12.2 Å². The molecule has 3 fully saturated rings. The Balaban J connectivity index is 1.44. The molecule has 1 heterocycles. The Morgan fingerprint density at radius 3 is 2.19 bits per heavy atom. The third-order valence-corrected chi connectivity index (χ3v) is 7.27.